The number of rotatable bonds is 4. The summed E-state index contributed by atoms with van der Waals surface area (Å²) in [6.07, 6.45) is 9.12. The molecule has 0 saturated carbocycles. The summed E-state index contributed by atoms with van der Waals surface area (Å²) in [5.74, 6) is 0. The number of hydrogen-bond donors (Lipinski definition) is 1. The van der Waals surface area contributed by atoms with Crippen LogP contribution in [-0.4, -0.2) is 16.3 Å². The fraction of sp³-hybridized carbons (Fsp3) is 0.471. The molecule has 0 spiro atoms. The van der Waals surface area contributed by atoms with Crippen LogP contribution in [0.25, 0.3) is 0 Å². The van der Waals surface area contributed by atoms with Gasteiger partial charge in [0.1, 0.15) is 0 Å². The standard InChI is InChI=1S/C17H23N3/c1-14-12-19-20(13-14)11-10-18-17-9-5-3-7-15-6-2-4-8-16(15)17/h2,4,6,8,12-13,17-18H,3,5,7,9-11H2,1H3. The summed E-state index contributed by atoms with van der Waals surface area (Å²) in [6, 6.07) is 9.40. The minimum atomic E-state index is 0.505. The molecule has 3 rings (SSSR count). The number of benzene rings is 1. The largest absolute Gasteiger partial charge is 0.308 e. The zero-order chi connectivity index (χ0) is 13.8. The first kappa shape index (κ1) is 13.4. The summed E-state index contributed by atoms with van der Waals surface area (Å²) in [6.45, 7) is 3.99. The Morgan fingerprint density at radius 1 is 1.30 bits per heavy atom. The van der Waals surface area contributed by atoms with E-state index in [4.69, 9.17) is 0 Å². The smallest absolute Gasteiger partial charge is 0.0534 e. The first-order valence-electron chi connectivity index (χ1n) is 7.63. The van der Waals surface area contributed by atoms with Crippen LogP contribution in [0.1, 0.15) is 42.0 Å². The molecule has 3 heteroatoms. The maximum Gasteiger partial charge on any atom is 0.0534 e. The zero-order valence-electron chi connectivity index (χ0n) is 12.2. The number of aryl methyl sites for hydroxylation is 2. The van der Waals surface area contributed by atoms with Gasteiger partial charge in [0, 0.05) is 18.8 Å². The average Bonchev–Trinajstić information content (AvgIpc) is 2.76. The molecule has 1 aliphatic carbocycles. The monoisotopic (exact) mass is 269 g/mol. The molecule has 1 heterocycles. The van der Waals surface area contributed by atoms with E-state index in [-0.39, 0.29) is 0 Å². The molecule has 1 aliphatic rings. The van der Waals surface area contributed by atoms with Crippen molar-refractivity contribution in [2.45, 2.75) is 45.2 Å². The van der Waals surface area contributed by atoms with Crippen molar-refractivity contribution in [3.8, 4) is 0 Å². The Morgan fingerprint density at radius 3 is 3.05 bits per heavy atom. The molecule has 1 unspecified atom stereocenters. The molecule has 1 aromatic heterocycles. The molecule has 106 valence electrons. The summed E-state index contributed by atoms with van der Waals surface area (Å²) in [7, 11) is 0. The summed E-state index contributed by atoms with van der Waals surface area (Å²) in [5, 5.41) is 8.05. The molecule has 1 atom stereocenters. The quantitative estimate of drug-likeness (QED) is 0.864. The second-order valence-electron chi connectivity index (χ2n) is 5.73. The third-order valence-corrected chi connectivity index (χ3v) is 4.11. The predicted molar refractivity (Wildman–Crippen MR) is 81.7 cm³/mol. The Morgan fingerprint density at radius 2 is 2.20 bits per heavy atom. The van der Waals surface area contributed by atoms with E-state index in [2.05, 4.69) is 47.8 Å². The van der Waals surface area contributed by atoms with E-state index in [9.17, 15) is 0 Å². The number of nitrogens with zero attached hydrogens (tertiary/aromatic N) is 2. The third kappa shape index (κ3) is 3.10. The maximum absolute atomic E-state index is 4.34. The molecular weight excluding hydrogens is 246 g/mol. The second kappa shape index (κ2) is 6.23. The maximum atomic E-state index is 4.34. The van der Waals surface area contributed by atoms with E-state index in [1.807, 2.05) is 10.9 Å². The lowest BCUT2D eigenvalue weighted by Crippen LogP contribution is -2.25. The van der Waals surface area contributed by atoms with Gasteiger partial charge in [-0.05, 0) is 42.9 Å². The highest BCUT2D eigenvalue weighted by Crippen LogP contribution is 2.28. The van der Waals surface area contributed by atoms with Crippen LogP contribution in [0.2, 0.25) is 0 Å². The van der Waals surface area contributed by atoms with Gasteiger partial charge in [0.05, 0.1) is 12.7 Å². The fourth-order valence-corrected chi connectivity index (χ4v) is 3.08. The van der Waals surface area contributed by atoms with Crippen LogP contribution in [0.3, 0.4) is 0 Å². The highest BCUT2D eigenvalue weighted by molar-refractivity contribution is 5.31. The van der Waals surface area contributed by atoms with Gasteiger partial charge in [0.15, 0.2) is 0 Å². The van der Waals surface area contributed by atoms with Gasteiger partial charge in [-0.15, -0.1) is 0 Å². The van der Waals surface area contributed by atoms with Gasteiger partial charge < -0.3 is 5.32 Å². The molecule has 1 N–H and O–H groups in total. The Labute approximate surface area is 121 Å². The van der Waals surface area contributed by atoms with Crippen LogP contribution < -0.4 is 5.32 Å². The Kier molecular flexibility index (Phi) is 4.16. The van der Waals surface area contributed by atoms with Gasteiger partial charge in [-0.2, -0.15) is 5.10 Å². The normalized spacial score (nSPS) is 18.6. The van der Waals surface area contributed by atoms with Crippen LogP contribution in [0.4, 0.5) is 0 Å². The van der Waals surface area contributed by atoms with E-state index >= 15 is 0 Å². The van der Waals surface area contributed by atoms with Gasteiger partial charge >= 0.3 is 0 Å². The van der Waals surface area contributed by atoms with E-state index in [1.54, 1.807) is 0 Å². The lowest BCUT2D eigenvalue weighted by atomic mass is 9.99. The predicted octanol–water partition coefficient (Wildman–Crippen LogP) is 3.25. The van der Waals surface area contributed by atoms with Crippen molar-refractivity contribution in [3.63, 3.8) is 0 Å². The minimum Gasteiger partial charge on any atom is -0.308 e. The van der Waals surface area contributed by atoms with Crippen LogP contribution in [0.5, 0.6) is 0 Å². The Bertz CT molecular complexity index is 559. The molecule has 0 radical (unpaired) electrons. The van der Waals surface area contributed by atoms with Crippen LogP contribution >= 0.6 is 0 Å². The summed E-state index contributed by atoms with van der Waals surface area (Å²) >= 11 is 0. The molecule has 0 saturated heterocycles. The Hall–Kier alpha value is -1.61. The molecule has 0 fully saturated rings. The number of nitrogens with one attached hydrogen (secondary N) is 1. The first-order valence-corrected chi connectivity index (χ1v) is 7.63. The van der Waals surface area contributed by atoms with Gasteiger partial charge in [-0.3, -0.25) is 4.68 Å². The molecule has 3 nitrogen and oxygen atoms in total. The van der Waals surface area contributed by atoms with E-state index in [0.29, 0.717) is 6.04 Å². The first-order chi connectivity index (χ1) is 9.83. The zero-order valence-corrected chi connectivity index (χ0v) is 12.2. The molecule has 0 bridgehead atoms. The van der Waals surface area contributed by atoms with Crippen molar-refractivity contribution in [2.75, 3.05) is 6.54 Å². The molecular formula is C17H23N3. The SMILES string of the molecule is Cc1cnn(CCNC2CCCCc3ccccc32)c1. The van der Waals surface area contributed by atoms with Gasteiger partial charge in [-0.25, -0.2) is 0 Å². The Balaban J connectivity index is 1.62. The number of hydrogen-bond acceptors (Lipinski definition) is 2. The number of fused-ring (bicyclic) bond motifs is 1. The molecule has 2 aromatic rings. The lowest BCUT2D eigenvalue weighted by Gasteiger charge is -2.19. The average molecular weight is 269 g/mol. The van der Waals surface area contributed by atoms with Crippen LogP contribution in [0, 0.1) is 6.92 Å². The van der Waals surface area contributed by atoms with Crippen LogP contribution in [0.15, 0.2) is 36.7 Å². The van der Waals surface area contributed by atoms with Crippen molar-refractivity contribution in [2.24, 2.45) is 0 Å². The highest BCUT2D eigenvalue weighted by Gasteiger charge is 2.17. The van der Waals surface area contributed by atoms with Crippen LogP contribution in [-0.2, 0) is 13.0 Å². The van der Waals surface area contributed by atoms with Crippen molar-refractivity contribution >= 4 is 0 Å². The second-order valence-corrected chi connectivity index (χ2v) is 5.73. The lowest BCUT2D eigenvalue weighted by molar-refractivity contribution is 0.459. The topological polar surface area (TPSA) is 29.9 Å². The third-order valence-electron chi connectivity index (χ3n) is 4.11. The van der Waals surface area contributed by atoms with E-state index in [0.717, 1.165) is 13.1 Å². The number of aromatic nitrogens is 2. The van der Waals surface area contributed by atoms with Gasteiger partial charge in [0.25, 0.3) is 0 Å². The highest BCUT2D eigenvalue weighted by atomic mass is 15.3. The van der Waals surface area contributed by atoms with Crippen molar-refractivity contribution in [1.29, 1.82) is 0 Å². The summed E-state index contributed by atoms with van der Waals surface area (Å²) in [5.41, 5.74) is 4.25. The van der Waals surface area contributed by atoms with Crippen molar-refractivity contribution < 1.29 is 0 Å². The summed E-state index contributed by atoms with van der Waals surface area (Å²) < 4.78 is 2.02. The van der Waals surface area contributed by atoms with Crippen molar-refractivity contribution in [3.05, 3.63) is 53.3 Å². The van der Waals surface area contributed by atoms with Gasteiger partial charge in [0.2, 0.25) is 0 Å². The molecule has 0 amide bonds. The summed E-state index contributed by atoms with van der Waals surface area (Å²) in [4.78, 5) is 0. The van der Waals surface area contributed by atoms with Crippen molar-refractivity contribution in [1.82, 2.24) is 15.1 Å². The molecule has 1 aromatic carbocycles. The van der Waals surface area contributed by atoms with E-state index < -0.39 is 0 Å². The molecule has 20 heavy (non-hydrogen) atoms. The van der Waals surface area contributed by atoms with Gasteiger partial charge in [-0.1, -0.05) is 30.7 Å². The van der Waals surface area contributed by atoms with E-state index in [1.165, 1.54) is 42.4 Å². The minimum absolute atomic E-state index is 0.505. The molecule has 0 aliphatic heterocycles. The fourth-order valence-electron chi connectivity index (χ4n) is 3.08.